The summed E-state index contributed by atoms with van der Waals surface area (Å²) >= 11 is 0. The zero-order chi connectivity index (χ0) is 15.2. The highest BCUT2D eigenvalue weighted by atomic mass is 16.1. The molecule has 1 fully saturated rings. The first kappa shape index (κ1) is 14.7. The quantitative estimate of drug-likeness (QED) is 0.862. The predicted molar refractivity (Wildman–Crippen MR) is 83.0 cm³/mol. The van der Waals surface area contributed by atoms with Gasteiger partial charge in [-0.25, -0.2) is 9.67 Å². The molecule has 6 heteroatoms. The summed E-state index contributed by atoms with van der Waals surface area (Å²) in [6.45, 7) is 3.09. The van der Waals surface area contributed by atoms with Gasteiger partial charge in [0, 0.05) is 12.5 Å². The zero-order valence-corrected chi connectivity index (χ0v) is 12.5. The highest BCUT2D eigenvalue weighted by Crippen LogP contribution is 2.13. The molecule has 1 aromatic carbocycles. The number of piperidine rings is 1. The van der Waals surface area contributed by atoms with Crippen LogP contribution >= 0.6 is 0 Å². The van der Waals surface area contributed by atoms with Gasteiger partial charge in [-0.1, -0.05) is 24.3 Å². The molecule has 0 saturated carbocycles. The number of carbonyl (C=O) groups excluding carboxylic acids is 1. The van der Waals surface area contributed by atoms with Crippen LogP contribution in [-0.2, 0) is 17.9 Å². The van der Waals surface area contributed by atoms with Gasteiger partial charge in [0.2, 0.25) is 5.91 Å². The fourth-order valence-electron chi connectivity index (χ4n) is 2.78. The minimum Gasteiger partial charge on any atom is -0.352 e. The van der Waals surface area contributed by atoms with Gasteiger partial charge in [-0.15, -0.1) is 0 Å². The third-order valence-corrected chi connectivity index (χ3v) is 4.08. The molecular weight excluding hydrogens is 278 g/mol. The van der Waals surface area contributed by atoms with E-state index in [2.05, 4.69) is 32.8 Å². The summed E-state index contributed by atoms with van der Waals surface area (Å²) in [6.07, 6.45) is 5.07. The fourth-order valence-corrected chi connectivity index (χ4v) is 2.78. The molecule has 2 aromatic rings. The topological polar surface area (TPSA) is 71.8 Å². The van der Waals surface area contributed by atoms with Gasteiger partial charge in [-0.05, 0) is 37.1 Å². The van der Waals surface area contributed by atoms with E-state index in [1.807, 2.05) is 12.1 Å². The number of aromatic nitrogens is 3. The predicted octanol–water partition coefficient (Wildman–Crippen LogP) is 0.942. The number of amides is 1. The lowest BCUT2D eigenvalue weighted by atomic mass is 9.97. The Balaban J connectivity index is 1.61. The van der Waals surface area contributed by atoms with E-state index < -0.39 is 0 Å². The van der Waals surface area contributed by atoms with E-state index in [9.17, 15) is 4.79 Å². The lowest BCUT2D eigenvalue weighted by Gasteiger charge is -2.22. The molecule has 0 atom stereocenters. The van der Waals surface area contributed by atoms with Gasteiger partial charge in [-0.3, -0.25) is 4.79 Å². The Morgan fingerprint density at radius 3 is 2.77 bits per heavy atom. The second-order valence-corrected chi connectivity index (χ2v) is 5.60. The number of rotatable bonds is 5. The summed E-state index contributed by atoms with van der Waals surface area (Å²) in [5.74, 6) is 0.306. The second kappa shape index (κ2) is 7.17. The monoisotopic (exact) mass is 299 g/mol. The van der Waals surface area contributed by atoms with Crippen LogP contribution in [0.4, 0.5) is 0 Å². The van der Waals surface area contributed by atoms with Crippen molar-refractivity contribution in [1.29, 1.82) is 0 Å². The highest BCUT2D eigenvalue weighted by molar-refractivity contribution is 5.78. The van der Waals surface area contributed by atoms with Crippen LogP contribution in [0, 0.1) is 5.92 Å². The van der Waals surface area contributed by atoms with Crippen LogP contribution in [0.2, 0.25) is 0 Å². The molecular formula is C16H21N5O. The van der Waals surface area contributed by atoms with E-state index in [1.165, 1.54) is 6.33 Å². The average molecular weight is 299 g/mol. The molecule has 0 spiro atoms. The van der Waals surface area contributed by atoms with Gasteiger partial charge in [0.15, 0.2) is 0 Å². The van der Waals surface area contributed by atoms with Crippen LogP contribution in [0.5, 0.6) is 0 Å². The molecule has 1 aromatic heterocycles. The Kier molecular flexibility index (Phi) is 4.80. The molecule has 2 heterocycles. The van der Waals surface area contributed by atoms with Crippen molar-refractivity contribution in [1.82, 2.24) is 25.4 Å². The fraction of sp³-hybridized carbons (Fsp3) is 0.438. The van der Waals surface area contributed by atoms with Crippen LogP contribution < -0.4 is 10.6 Å². The summed E-state index contributed by atoms with van der Waals surface area (Å²) in [7, 11) is 0. The molecule has 3 rings (SSSR count). The van der Waals surface area contributed by atoms with Crippen LogP contribution in [0.3, 0.4) is 0 Å². The second-order valence-electron chi connectivity index (χ2n) is 5.60. The SMILES string of the molecule is O=C(NCc1ccccc1Cn1cncn1)C1CCNCC1. The summed E-state index contributed by atoms with van der Waals surface area (Å²) in [5.41, 5.74) is 2.28. The van der Waals surface area contributed by atoms with Gasteiger partial charge in [0.05, 0.1) is 6.54 Å². The molecule has 0 aliphatic carbocycles. The number of hydrogen-bond donors (Lipinski definition) is 2. The number of carbonyl (C=O) groups is 1. The average Bonchev–Trinajstić information content (AvgIpc) is 3.07. The molecule has 0 unspecified atom stereocenters. The first-order valence-electron chi connectivity index (χ1n) is 7.70. The Hall–Kier alpha value is -2.21. The van der Waals surface area contributed by atoms with Gasteiger partial charge < -0.3 is 10.6 Å². The maximum atomic E-state index is 12.2. The van der Waals surface area contributed by atoms with Crippen LogP contribution in [0.15, 0.2) is 36.9 Å². The summed E-state index contributed by atoms with van der Waals surface area (Å²) in [6, 6.07) is 8.11. The first-order valence-corrected chi connectivity index (χ1v) is 7.70. The van der Waals surface area contributed by atoms with Crippen molar-refractivity contribution in [3.05, 3.63) is 48.0 Å². The maximum Gasteiger partial charge on any atom is 0.223 e. The maximum absolute atomic E-state index is 12.2. The van der Waals surface area contributed by atoms with Crippen molar-refractivity contribution in [3.63, 3.8) is 0 Å². The van der Waals surface area contributed by atoms with E-state index in [1.54, 1.807) is 11.0 Å². The van der Waals surface area contributed by atoms with Gasteiger partial charge >= 0.3 is 0 Å². The Morgan fingerprint density at radius 2 is 2.05 bits per heavy atom. The van der Waals surface area contributed by atoms with E-state index >= 15 is 0 Å². The third-order valence-electron chi connectivity index (χ3n) is 4.08. The molecule has 1 aliphatic rings. The molecule has 1 aliphatic heterocycles. The van der Waals surface area contributed by atoms with Crippen molar-refractivity contribution in [3.8, 4) is 0 Å². The summed E-state index contributed by atoms with van der Waals surface area (Å²) < 4.78 is 1.79. The van der Waals surface area contributed by atoms with Crippen molar-refractivity contribution in [2.45, 2.75) is 25.9 Å². The molecule has 0 bridgehead atoms. The minimum atomic E-state index is 0.142. The molecule has 116 valence electrons. The van der Waals surface area contributed by atoms with E-state index in [-0.39, 0.29) is 11.8 Å². The lowest BCUT2D eigenvalue weighted by molar-refractivity contribution is -0.125. The normalized spacial score (nSPS) is 15.6. The Morgan fingerprint density at radius 1 is 1.27 bits per heavy atom. The number of nitrogens with zero attached hydrogens (tertiary/aromatic N) is 3. The molecule has 1 saturated heterocycles. The van der Waals surface area contributed by atoms with Crippen molar-refractivity contribution >= 4 is 5.91 Å². The van der Waals surface area contributed by atoms with Gasteiger partial charge in [0.25, 0.3) is 0 Å². The number of hydrogen-bond acceptors (Lipinski definition) is 4. The van der Waals surface area contributed by atoms with Crippen LogP contribution in [-0.4, -0.2) is 33.8 Å². The first-order chi connectivity index (χ1) is 10.8. The summed E-state index contributed by atoms with van der Waals surface area (Å²) in [5, 5.41) is 10.5. The molecule has 22 heavy (non-hydrogen) atoms. The lowest BCUT2D eigenvalue weighted by Crippen LogP contribution is -2.38. The molecule has 1 amide bonds. The van der Waals surface area contributed by atoms with Crippen molar-refractivity contribution in [2.24, 2.45) is 5.92 Å². The number of benzene rings is 1. The number of nitrogens with one attached hydrogen (secondary N) is 2. The molecule has 6 nitrogen and oxygen atoms in total. The van der Waals surface area contributed by atoms with E-state index in [4.69, 9.17) is 0 Å². The minimum absolute atomic E-state index is 0.142. The largest absolute Gasteiger partial charge is 0.352 e. The van der Waals surface area contributed by atoms with Crippen LogP contribution in [0.1, 0.15) is 24.0 Å². The molecule has 2 N–H and O–H groups in total. The van der Waals surface area contributed by atoms with Gasteiger partial charge in [-0.2, -0.15) is 5.10 Å². The van der Waals surface area contributed by atoms with Crippen LogP contribution in [0.25, 0.3) is 0 Å². The third kappa shape index (κ3) is 3.71. The Bertz CT molecular complexity index is 605. The Labute approximate surface area is 129 Å². The van der Waals surface area contributed by atoms with Crippen molar-refractivity contribution < 1.29 is 4.79 Å². The summed E-state index contributed by atoms with van der Waals surface area (Å²) in [4.78, 5) is 16.2. The van der Waals surface area contributed by atoms with Gasteiger partial charge in [0.1, 0.15) is 12.7 Å². The van der Waals surface area contributed by atoms with E-state index in [0.717, 1.165) is 37.1 Å². The standard InChI is InChI=1S/C16H21N5O/c22-16(13-5-7-17-8-6-13)19-9-14-3-1-2-4-15(14)10-21-12-18-11-20-21/h1-4,11-13,17H,5-10H2,(H,19,22). The highest BCUT2D eigenvalue weighted by Gasteiger charge is 2.20. The van der Waals surface area contributed by atoms with E-state index in [0.29, 0.717) is 13.1 Å². The smallest absolute Gasteiger partial charge is 0.223 e. The van der Waals surface area contributed by atoms with Crippen molar-refractivity contribution in [2.75, 3.05) is 13.1 Å². The molecule has 0 radical (unpaired) electrons. The zero-order valence-electron chi connectivity index (χ0n) is 12.5.